The van der Waals surface area contributed by atoms with Crippen LogP contribution in [0.25, 0.3) is 0 Å². The molecule has 7 heteroatoms. The first-order valence-electron chi connectivity index (χ1n) is 11.3. The van der Waals surface area contributed by atoms with Crippen LogP contribution in [0.1, 0.15) is 35.1 Å². The van der Waals surface area contributed by atoms with E-state index < -0.39 is 10.0 Å². The minimum Gasteiger partial charge on any atom is -0.312 e. The lowest BCUT2D eigenvalue weighted by molar-refractivity contribution is -0.118. The quantitative estimate of drug-likeness (QED) is 0.508. The van der Waals surface area contributed by atoms with Crippen molar-refractivity contribution in [2.45, 2.75) is 32.2 Å². The molecule has 0 fully saturated rings. The highest BCUT2D eigenvalue weighted by atomic mass is 32.2. The van der Waals surface area contributed by atoms with Crippen LogP contribution in [0, 0.1) is 11.3 Å². The second kappa shape index (κ2) is 10.1. The molecule has 1 aliphatic heterocycles. The van der Waals surface area contributed by atoms with E-state index in [9.17, 15) is 13.2 Å². The number of rotatable bonds is 7. The van der Waals surface area contributed by atoms with Gasteiger partial charge in [0.1, 0.15) is 0 Å². The van der Waals surface area contributed by atoms with E-state index in [-0.39, 0.29) is 12.5 Å². The highest BCUT2D eigenvalue weighted by Gasteiger charge is 2.25. The zero-order valence-electron chi connectivity index (χ0n) is 19.1. The van der Waals surface area contributed by atoms with Crippen molar-refractivity contribution in [1.29, 1.82) is 5.26 Å². The summed E-state index contributed by atoms with van der Waals surface area (Å²) in [6.45, 7) is 0.907. The maximum atomic E-state index is 13.0. The van der Waals surface area contributed by atoms with Gasteiger partial charge in [-0.15, -0.1) is 0 Å². The van der Waals surface area contributed by atoms with Crippen LogP contribution in [0.3, 0.4) is 0 Å². The lowest BCUT2D eigenvalue weighted by atomic mass is 9.99. The number of amides is 1. The predicted octanol–water partition coefficient (Wildman–Crippen LogP) is 4.44. The lowest BCUT2D eigenvalue weighted by Gasteiger charge is -2.31. The number of nitrogens with zero attached hydrogens (tertiary/aromatic N) is 3. The van der Waals surface area contributed by atoms with E-state index in [4.69, 9.17) is 5.26 Å². The molecule has 4 rings (SSSR count). The number of hydrogen-bond acceptors (Lipinski definition) is 4. The highest BCUT2D eigenvalue weighted by molar-refractivity contribution is 7.92. The number of hydrogen-bond donors (Lipinski definition) is 0. The summed E-state index contributed by atoms with van der Waals surface area (Å²) < 4.78 is 26.6. The van der Waals surface area contributed by atoms with Gasteiger partial charge >= 0.3 is 0 Å². The molecule has 0 N–H and O–H groups in total. The van der Waals surface area contributed by atoms with Crippen LogP contribution in [-0.2, 0) is 34.2 Å². The standard InChI is InChI=1S/C27H27N3O3S/c1-34(32,33)30(20-23-6-3-2-4-7-23)25-14-15-26-24(18-25)8-5-17-29(26)27(31)16-13-21-9-11-22(19-28)12-10-21/h2-4,6-7,9-12,14-15,18H,5,8,13,16-17,20H2,1H3. The van der Waals surface area contributed by atoms with Gasteiger partial charge in [0.2, 0.25) is 15.9 Å². The Balaban J connectivity index is 1.52. The van der Waals surface area contributed by atoms with Gasteiger partial charge in [0, 0.05) is 18.7 Å². The van der Waals surface area contributed by atoms with Gasteiger partial charge in [0.05, 0.1) is 30.1 Å². The average Bonchev–Trinajstić information content (AvgIpc) is 2.85. The minimum atomic E-state index is -3.48. The average molecular weight is 474 g/mol. The van der Waals surface area contributed by atoms with E-state index in [2.05, 4.69) is 6.07 Å². The van der Waals surface area contributed by atoms with Crippen LogP contribution in [0.15, 0.2) is 72.8 Å². The number of nitriles is 1. The largest absolute Gasteiger partial charge is 0.312 e. The van der Waals surface area contributed by atoms with E-state index in [0.717, 1.165) is 35.2 Å². The Hall–Kier alpha value is -3.63. The summed E-state index contributed by atoms with van der Waals surface area (Å²) in [6.07, 6.45) is 3.82. The molecular weight excluding hydrogens is 446 g/mol. The SMILES string of the molecule is CS(=O)(=O)N(Cc1ccccc1)c1ccc2c(c1)CCCN2C(=O)CCc1ccc(C#N)cc1. The highest BCUT2D eigenvalue weighted by Crippen LogP contribution is 2.33. The monoisotopic (exact) mass is 473 g/mol. The zero-order valence-corrected chi connectivity index (χ0v) is 20.0. The molecule has 0 aromatic heterocycles. The molecule has 1 amide bonds. The Bertz CT molecular complexity index is 1310. The smallest absolute Gasteiger partial charge is 0.232 e. The summed E-state index contributed by atoms with van der Waals surface area (Å²) in [4.78, 5) is 14.9. The summed E-state index contributed by atoms with van der Waals surface area (Å²) >= 11 is 0. The second-order valence-corrected chi connectivity index (χ2v) is 10.4. The van der Waals surface area contributed by atoms with E-state index >= 15 is 0 Å². The molecule has 0 radical (unpaired) electrons. The van der Waals surface area contributed by atoms with Gasteiger partial charge in [-0.05, 0) is 66.3 Å². The Morgan fingerprint density at radius 3 is 2.44 bits per heavy atom. The van der Waals surface area contributed by atoms with Crippen LogP contribution in [0.4, 0.5) is 11.4 Å². The van der Waals surface area contributed by atoms with Gasteiger partial charge in [0.25, 0.3) is 0 Å². The molecule has 0 bridgehead atoms. The van der Waals surface area contributed by atoms with Gasteiger partial charge in [-0.25, -0.2) is 8.42 Å². The molecule has 174 valence electrons. The van der Waals surface area contributed by atoms with Crippen molar-refractivity contribution in [1.82, 2.24) is 0 Å². The topological polar surface area (TPSA) is 81.5 Å². The molecule has 3 aromatic carbocycles. The third-order valence-electron chi connectivity index (χ3n) is 6.05. The predicted molar refractivity (Wildman–Crippen MR) is 134 cm³/mol. The van der Waals surface area contributed by atoms with E-state index in [0.29, 0.717) is 30.6 Å². The Labute approximate surface area is 201 Å². The van der Waals surface area contributed by atoms with Gasteiger partial charge < -0.3 is 4.90 Å². The first-order chi connectivity index (χ1) is 16.3. The molecule has 0 aliphatic carbocycles. The van der Waals surface area contributed by atoms with E-state index in [1.807, 2.05) is 59.5 Å². The van der Waals surface area contributed by atoms with E-state index in [1.165, 1.54) is 10.6 Å². The van der Waals surface area contributed by atoms with Crippen molar-refractivity contribution in [3.63, 3.8) is 0 Å². The number of aryl methyl sites for hydroxylation is 2. The number of carbonyl (C=O) groups excluding carboxylic acids is 1. The number of sulfonamides is 1. The fourth-order valence-electron chi connectivity index (χ4n) is 4.28. The molecule has 1 aliphatic rings. The molecule has 0 spiro atoms. The number of benzene rings is 3. The summed E-state index contributed by atoms with van der Waals surface area (Å²) in [5.41, 5.74) is 4.98. The van der Waals surface area contributed by atoms with Crippen molar-refractivity contribution < 1.29 is 13.2 Å². The minimum absolute atomic E-state index is 0.0438. The Kier molecular flexibility index (Phi) is 6.99. The number of anilines is 2. The Morgan fingerprint density at radius 1 is 1.03 bits per heavy atom. The van der Waals surface area contributed by atoms with Crippen LogP contribution in [0.5, 0.6) is 0 Å². The van der Waals surface area contributed by atoms with Crippen LogP contribution in [0.2, 0.25) is 0 Å². The molecule has 3 aromatic rings. The maximum Gasteiger partial charge on any atom is 0.232 e. The normalized spacial score (nSPS) is 13.1. The van der Waals surface area contributed by atoms with Crippen LogP contribution >= 0.6 is 0 Å². The summed E-state index contributed by atoms with van der Waals surface area (Å²) in [5, 5.41) is 8.93. The Morgan fingerprint density at radius 2 is 1.76 bits per heavy atom. The van der Waals surface area contributed by atoms with E-state index in [1.54, 1.807) is 18.2 Å². The summed E-state index contributed by atoms with van der Waals surface area (Å²) in [6, 6.07) is 24.5. The number of fused-ring (bicyclic) bond motifs is 1. The first-order valence-corrected chi connectivity index (χ1v) is 13.1. The van der Waals surface area contributed by atoms with Crippen LogP contribution < -0.4 is 9.21 Å². The van der Waals surface area contributed by atoms with Crippen molar-refractivity contribution >= 4 is 27.3 Å². The second-order valence-electron chi connectivity index (χ2n) is 8.53. The van der Waals surface area contributed by atoms with Crippen LogP contribution in [-0.4, -0.2) is 27.1 Å². The number of carbonyl (C=O) groups is 1. The first kappa shape index (κ1) is 23.5. The fraction of sp³-hybridized carbons (Fsp3) is 0.259. The fourth-order valence-corrected chi connectivity index (χ4v) is 5.16. The molecule has 34 heavy (non-hydrogen) atoms. The third-order valence-corrected chi connectivity index (χ3v) is 7.19. The molecule has 0 unspecified atom stereocenters. The van der Waals surface area contributed by atoms with Gasteiger partial charge in [0.15, 0.2) is 0 Å². The molecule has 6 nitrogen and oxygen atoms in total. The van der Waals surface area contributed by atoms with Gasteiger partial charge in [-0.2, -0.15) is 5.26 Å². The molecule has 1 heterocycles. The van der Waals surface area contributed by atoms with Crippen molar-refractivity contribution in [3.8, 4) is 6.07 Å². The lowest BCUT2D eigenvalue weighted by Crippen LogP contribution is -2.36. The maximum absolute atomic E-state index is 13.0. The molecule has 0 saturated carbocycles. The van der Waals surface area contributed by atoms with Crippen molar-refractivity contribution in [3.05, 3.63) is 95.1 Å². The van der Waals surface area contributed by atoms with Gasteiger partial charge in [-0.1, -0.05) is 42.5 Å². The third kappa shape index (κ3) is 5.46. The van der Waals surface area contributed by atoms with Crippen molar-refractivity contribution in [2.75, 3.05) is 22.0 Å². The molecular formula is C27H27N3O3S. The molecule has 0 saturated heterocycles. The summed E-state index contributed by atoms with van der Waals surface area (Å²) in [7, 11) is -3.48. The summed E-state index contributed by atoms with van der Waals surface area (Å²) in [5.74, 6) is 0.0438. The zero-order chi connectivity index (χ0) is 24.1. The van der Waals surface area contributed by atoms with Gasteiger partial charge in [-0.3, -0.25) is 9.10 Å². The molecule has 0 atom stereocenters. The van der Waals surface area contributed by atoms with Crippen molar-refractivity contribution in [2.24, 2.45) is 0 Å².